The Morgan fingerprint density at radius 2 is 2.00 bits per heavy atom. The van der Waals surface area contributed by atoms with Crippen molar-refractivity contribution >= 4 is 11.9 Å². The molecular formula is C23H30N4O4. The molecule has 2 aliphatic heterocycles. The maximum atomic E-state index is 13.4. The monoisotopic (exact) mass is 426 g/mol. The number of likely N-dealkylation sites (N-methyl/N-ethyl adjacent to an activating group) is 1. The van der Waals surface area contributed by atoms with Gasteiger partial charge in [-0.1, -0.05) is 30.3 Å². The van der Waals surface area contributed by atoms with E-state index in [-0.39, 0.29) is 29.3 Å². The highest BCUT2D eigenvalue weighted by atomic mass is 16.5. The highest BCUT2D eigenvalue weighted by Gasteiger charge is 2.38. The van der Waals surface area contributed by atoms with Gasteiger partial charge in [0.05, 0.1) is 25.8 Å². The molecular weight excluding hydrogens is 396 g/mol. The number of benzene rings is 1. The molecule has 0 N–H and O–H groups in total. The second kappa shape index (κ2) is 8.70. The lowest BCUT2D eigenvalue weighted by Gasteiger charge is -2.33. The summed E-state index contributed by atoms with van der Waals surface area (Å²) in [4.78, 5) is 26.6. The molecule has 0 unspecified atom stereocenters. The number of anilines is 1. The average Bonchev–Trinajstić information content (AvgIpc) is 2.85. The summed E-state index contributed by atoms with van der Waals surface area (Å²) in [5.74, 6) is 0.847. The third-order valence-electron chi connectivity index (χ3n) is 5.50. The summed E-state index contributed by atoms with van der Waals surface area (Å²) in [5, 5.41) is 0. The van der Waals surface area contributed by atoms with Crippen LogP contribution >= 0.6 is 0 Å². The van der Waals surface area contributed by atoms with E-state index in [1.807, 2.05) is 51.1 Å². The van der Waals surface area contributed by atoms with Crippen LogP contribution in [0.3, 0.4) is 0 Å². The summed E-state index contributed by atoms with van der Waals surface area (Å²) in [5.41, 5.74) is 0.689. The Labute approximate surface area is 183 Å². The van der Waals surface area contributed by atoms with Crippen LogP contribution in [-0.2, 0) is 11.3 Å². The number of nitrogens with zero attached hydrogens (tertiary/aromatic N) is 4. The molecule has 0 bridgehead atoms. The van der Waals surface area contributed by atoms with Gasteiger partial charge in [0.1, 0.15) is 12.2 Å². The Hall–Kier alpha value is -2.87. The molecule has 4 rings (SSSR count). The first-order chi connectivity index (χ1) is 14.9. The van der Waals surface area contributed by atoms with Crippen LogP contribution < -0.4 is 14.4 Å². The second-order valence-corrected chi connectivity index (χ2v) is 8.58. The molecule has 0 saturated carbocycles. The minimum Gasteiger partial charge on any atom is -0.472 e. The molecule has 3 heterocycles. The molecule has 1 saturated heterocycles. The van der Waals surface area contributed by atoms with Gasteiger partial charge in [0.15, 0.2) is 5.56 Å². The third kappa shape index (κ3) is 4.58. The number of fused-ring (bicyclic) bond motifs is 1. The van der Waals surface area contributed by atoms with Gasteiger partial charge in [-0.3, -0.25) is 4.79 Å². The quantitative estimate of drug-likeness (QED) is 0.727. The third-order valence-corrected chi connectivity index (χ3v) is 5.50. The van der Waals surface area contributed by atoms with Gasteiger partial charge in [0, 0.05) is 13.1 Å². The molecule has 2 aliphatic rings. The SMILES string of the molecule is CCN1CC(C)(C)Oc2nc(N3CCOC[C@@H]3C)nc(OCc3ccccc3)c2C1=O. The molecule has 0 spiro atoms. The maximum Gasteiger partial charge on any atom is 0.265 e. The summed E-state index contributed by atoms with van der Waals surface area (Å²) in [6.45, 7) is 11.1. The normalized spacial score (nSPS) is 20.6. The topological polar surface area (TPSA) is 77.0 Å². The van der Waals surface area contributed by atoms with E-state index in [0.717, 1.165) is 5.56 Å². The fraction of sp³-hybridized carbons (Fsp3) is 0.522. The van der Waals surface area contributed by atoms with Crippen molar-refractivity contribution < 1.29 is 19.0 Å². The van der Waals surface area contributed by atoms with Crippen LogP contribution in [-0.4, -0.2) is 65.3 Å². The Morgan fingerprint density at radius 3 is 2.71 bits per heavy atom. The van der Waals surface area contributed by atoms with Crippen molar-refractivity contribution in [3.05, 3.63) is 41.5 Å². The second-order valence-electron chi connectivity index (χ2n) is 8.58. The van der Waals surface area contributed by atoms with Gasteiger partial charge >= 0.3 is 0 Å². The molecule has 1 fully saturated rings. The zero-order chi connectivity index (χ0) is 22.0. The molecule has 0 aliphatic carbocycles. The van der Waals surface area contributed by atoms with Crippen molar-refractivity contribution in [3.8, 4) is 11.8 Å². The van der Waals surface area contributed by atoms with E-state index in [0.29, 0.717) is 45.4 Å². The zero-order valence-electron chi connectivity index (χ0n) is 18.6. The number of carbonyl (C=O) groups excluding carboxylic acids is 1. The number of amides is 1. The Kier molecular flexibility index (Phi) is 6.00. The number of morpholine rings is 1. The van der Waals surface area contributed by atoms with E-state index in [1.165, 1.54) is 0 Å². The molecule has 166 valence electrons. The fourth-order valence-corrected chi connectivity index (χ4v) is 3.89. The minimum atomic E-state index is -0.587. The molecule has 1 atom stereocenters. The summed E-state index contributed by atoms with van der Waals surface area (Å²) in [6.07, 6.45) is 0. The number of hydrogen-bond acceptors (Lipinski definition) is 7. The van der Waals surface area contributed by atoms with E-state index in [4.69, 9.17) is 19.2 Å². The van der Waals surface area contributed by atoms with E-state index in [2.05, 4.69) is 16.8 Å². The van der Waals surface area contributed by atoms with Crippen molar-refractivity contribution in [2.75, 3.05) is 37.7 Å². The highest BCUT2D eigenvalue weighted by molar-refractivity contribution is 5.99. The minimum absolute atomic E-state index is 0.107. The van der Waals surface area contributed by atoms with Gasteiger partial charge in [-0.2, -0.15) is 9.97 Å². The first-order valence-corrected chi connectivity index (χ1v) is 10.8. The fourth-order valence-electron chi connectivity index (χ4n) is 3.89. The zero-order valence-corrected chi connectivity index (χ0v) is 18.6. The molecule has 1 aromatic heterocycles. The van der Waals surface area contributed by atoms with Crippen molar-refractivity contribution in [2.24, 2.45) is 0 Å². The summed E-state index contributed by atoms with van der Waals surface area (Å²) >= 11 is 0. The highest BCUT2D eigenvalue weighted by Crippen LogP contribution is 2.35. The first kappa shape index (κ1) is 21.4. The number of carbonyl (C=O) groups is 1. The number of ether oxygens (including phenoxy) is 3. The lowest BCUT2D eigenvalue weighted by molar-refractivity contribution is 0.0540. The molecule has 8 heteroatoms. The summed E-state index contributed by atoms with van der Waals surface area (Å²) in [6, 6.07) is 9.92. The predicted octanol–water partition coefficient (Wildman–Crippen LogP) is 2.91. The molecule has 8 nitrogen and oxygen atoms in total. The lowest BCUT2D eigenvalue weighted by atomic mass is 10.1. The number of aromatic nitrogens is 2. The molecule has 1 amide bonds. The lowest BCUT2D eigenvalue weighted by Crippen LogP contribution is -2.44. The van der Waals surface area contributed by atoms with E-state index < -0.39 is 5.60 Å². The van der Waals surface area contributed by atoms with Gasteiger partial charge in [0.2, 0.25) is 17.7 Å². The van der Waals surface area contributed by atoms with Crippen LogP contribution in [0, 0.1) is 0 Å². The van der Waals surface area contributed by atoms with Crippen molar-refractivity contribution in [1.82, 2.24) is 14.9 Å². The van der Waals surface area contributed by atoms with Gasteiger partial charge in [0.25, 0.3) is 5.91 Å². The standard InChI is InChI=1S/C23H30N4O4/c1-5-26-15-23(3,4)31-20-18(21(26)28)19(30-14-17-9-7-6-8-10-17)24-22(25-20)27-11-12-29-13-16(27)2/h6-10,16H,5,11-15H2,1-4H3/t16-/m0/s1. The number of hydrogen-bond donors (Lipinski definition) is 0. The molecule has 31 heavy (non-hydrogen) atoms. The van der Waals surface area contributed by atoms with Gasteiger partial charge in [-0.15, -0.1) is 0 Å². The molecule has 0 radical (unpaired) electrons. The van der Waals surface area contributed by atoms with Gasteiger partial charge < -0.3 is 24.0 Å². The first-order valence-electron chi connectivity index (χ1n) is 10.8. The smallest absolute Gasteiger partial charge is 0.265 e. The van der Waals surface area contributed by atoms with Crippen LogP contribution in [0.4, 0.5) is 5.95 Å². The van der Waals surface area contributed by atoms with Crippen molar-refractivity contribution in [2.45, 2.75) is 45.9 Å². The van der Waals surface area contributed by atoms with E-state index in [1.54, 1.807) is 4.90 Å². The Bertz CT molecular complexity index is 935. The van der Waals surface area contributed by atoms with Gasteiger partial charge in [-0.05, 0) is 33.3 Å². The predicted molar refractivity (Wildman–Crippen MR) is 117 cm³/mol. The number of rotatable bonds is 5. The maximum absolute atomic E-state index is 13.4. The summed E-state index contributed by atoms with van der Waals surface area (Å²) < 4.78 is 17.9. The van der Waals surface area contributed by atoms with E-state index in [9.17, 15) is 4.79 Å². The van der Waals surface area contributed by atoms with Crippen LogP contribution in [0.15, 0.2) is 30.3 Å². The van der Waals surface area contributed by atoms with Gasteiger partial charge in [-0.25, -0.2) is 0 Å². The van der Waals surface area contributed by atoms with Crippen LogP contribution in [0.25, 0.3) is 0 Å². The largest absolute Gasteiger partial charge is 0.472 e. The van der Waals surface area contributed by atoms with Crippen molar-refractivity contribution in [3.63, 3.8) is 0 Å². The van der Waals surface area contributed by atoms with Crippen LogP contribution in [0.5, 0.6) is 11.8 Å². The van der Waals surface area contributed by atoms with Crippen LogP contribution in [0.1, 0.15) is 43.6 Å². The average molecular weight is 427 g/mol. The van der Waals surface area contributed by atoms with Crippen LogP contribution in [0.2, 0.25) is 0 Å². The summed E-state index contributed by atoms with van der Waals surface area (Å²) in [7, 11) is 0. The molecule has 1 aromatic carbocycles. The molecule has 2 aromatic rings. The van der Waals surface area contributed by atoms with Crippen molar-refractivity contribution in [1.29, 1.82) is 0 Å². The Balaban J connectivity index is 1.78. The van der Waals surface area contributed by atoms with E-state index >= 15 is 0 Å². The Morgan fingerprint density at radius 1 is 1.23 bits per heavy atom.